The second-order valence-corrected chi connectivity index (χ2v) is 9.42. The van der Waals surface area contributed by atoms with Crippen LogP contribution >= 0.6 is 0 Å². The number of esters is 1. The van der Waals surface area contributed by atoms with Crippen molar-refractivity contribution >= 4 is 17.4 Å². The van der Waals surface area contributed by atoms with Crippen molar-refractivity contribution in [2.45, 2.75) is 63.6 Å². The van der Waals surface area contributed by atoms with Gasteiger partial charge in [0.2, 0.25) is 5.91 Å². The number of carbonyl (C=O) groups is 2. The largest absolute Gasteiger partial charge is 0.469 e. The third-order valence-electron chi connectivity index (χ3n) is 7.60. The van der Waals surface area contributed by atoms with Crippen molar-refractivity contribution in [2.24, 2.45) is 17.8 Å². The fourth-order valence-electron chi connectivity index (χ4n) is 5.85. The van der Waals surface area contributed by atoms with Gasteiger partial charge in [0.25, 0.3) is 5.56 Å². The van der Waals surface area contributed by atoms with Crippen molar-refractivity contribution in [3.05, 3.63) is 39.8 Å². The van der Waals surface area contributed by atoms with Gasteiger partial charge in [0.05, 0.1) is 25.1 Å². The third kappa shape index (κ3) is 3.34. The predicted octanol–water partition coefficient (Wildman–Crippen LogP) is 2.27. The molecule has 7 heteroatoms. The van der Waals surface area contributed by atoms with Gasteiger partial charge in [0, 0.05) is 36.7 Å². The number of carbonyl (C=O) groups excluding carboxylic acids is 2. The summed E-state index contributed by atoms with van der Waals surface area (Å²) in [5.74, 6) is -1.12. The zero-order valence-corrected chi connectivity index (χ0v) is 18.0. The number of methoxy groups -OCH3 is 1. The molecule has 3 heterocycles. The van der Waals surface area contributed by atoms with Crippen LogP contribution in [0.3, 0.4) is 0 Å². The summed E-state index contributed by atoms with van der Waals surface area (Å²) in [7, 11) is 1.33. The van der Waals surface area contributed by atoms with E-state index in [4.69, 9.17) is 4.74 Å². The van der Waals surface area contributed by atoms with Crippen LogP contribution in [0.1, 0.15) is 62.2 Å². The standard InChI is InChI=1S/C24H30N2O5/c1-31-24(30)21-17(13-27)19-12-25-18(22(21)26(19)20(28)11-14-7-8-14)10-9-16(23(25)29)15-5-3-2-4-6-15/h5,9-10,14,17,19,21-22,27H,2-4,6-8,11-13H2,1H3/t17-,19-,21+,22+/m1/s1. The number of nitrogens with zero attached hydrogens (tertiary/aromatic N) is 2. The summed E-state index contributed by atoms with van der Waals surface area (Å²) in [6.07, 6.45) is 8.87. The summed E-state index contributed by atoms with van der Waals surface area (Å²) in [5.41, 5.74) is 2.43. The molecule has 0 aromatic carbocycles. The fourth-order valence-corrected chi connectivity index (χ4v) is 5.85. The van der Waals surface area contributed by atoms with E-state index in [1.165, 1.54) is 7.11 Å². The summed E-state index contributed by atoms with van der Waals surface area (Å²) >= 11 is 0. The molecule has 0 radical (unpaired) electrons. The Kier molecular flexibility index (Phi) is 5.24. The van der Waals surface area contributed by atoms with E-state index in [-0.39, 0.29) is 24.1 Å². The first kappa shape index (κ1) is 20.5. The first-order valence-electron chi connectivity index (χ1n) is 11.5. The highest BCUT2D eigenvalue weighted by Crippen LogP contribution is 2.50. The number of aliphatic hydroxyl groups is 1. The molecule has 2 fully saturated rings. The Hall–Kier alpha value is -2.41. The van der Waals surface area contributed by atoms with Crippen LogP contribution in [0.4, 0.5) is 0 Å². The number of aliphatic hydroxyl groups excluding tert-OH is 1. The highest BCUT2D eigenvalue weighted by molar-refractivity contribution is 5.82. The molecule has 1 amide bonds. The molecule has 0 spiro atoms. The maximum absolute atomic E-state index is 13.5. The van der Waals surface area contributed by atoms with Gasteiger partial charge < -0.3 is 19.3 Å². The summed E-state index contributed by atoms with van der Waals surface area (Å²) in [4.78, 5) is 41.3. The molecule has 2 aliphatic heterocycles. The Morgan fingerprint density at radius 3 is 2.68 bits per heavy atom. The number of hydrogen-bond acceptors (Lipinski definition) is 5. The lowest BCUT2D eigenvalue weighted by Gasteiger charge is -2.38. The molecule has 1 aromatic heterocycles. The molecule has 1 aromatic rings. The second kappa shape index (κ2) is 7.93. The van der Waals surface area contributed by atoms with Gasteiger partial charge in [-0.05, 0) is 62.1 Å². The molecule has 1 N–H and O–H groups in total. The lowest BCUT2D eigenvalue weighted by molar-refractivity contribution is -0.148. The van der Waals surface area contributed by atoms with Gasteiger partial charge in [-0.1, -0.05) is 6.08 Å². The Morgan fingerprint density at radius 2 is 2.03 bits per heavy atom. The summed E-state index contributed by atoms with van der Waals surface area (Å²) < 4.78 is 6.82. The zero-order valence-electron chi connectivity index (χ0n) is 18.0. The minimum Gasteiger partial charge on any atom is -0.469 e. The maximum Gasteiger partial charge on any atom is 0.311 e. The van der Waals surface area contributed by atoms with Crippen LogP contribution in [0.15, 0.2) is 23.0 Å². The lowest BCUT2D eigenvalue weighted by Crippen LogP contribution is -2.49. The molecule has 4 atom stereocenters. The Balaban J connectivity index is 1.60. The predicted molar refractivity (Wildman–Crippen MR) is 114 cm³/mol. The first-order chi connectivity index (χ1) is 15.0. The molecule has 4 aliphatic rings. The number of ether oxygens (including phenoxy) is 1. The normalized spacial score (nSPS) is 29.4. The smallest absolute Gasteiger partial charge is 0.311 e. The molecule has 7 nitrogen and oxygen atoms in total. The van der Waals surface area contributed by atoms with Crippen molar-refractivity contribution in [3.63, 3.8) is 0 Å². The van der Waals surface area contributed by atoms with E-state index in [1.54, 1.807) is 9.47 Å². The molecule has 2 bridgehead atoms. The number of aromatic nitrogens is 1. The molecular weight excluding hydrogens is 396 g/mol. The minimum atomic E-state index is -0.670. The highest BCUT2D eigenvalue weighted by Gasteiger charge is 2.58. The van der Waals surface area contributed by atoms with Gasteiger partial charge in [-0.2, -0.15) is 0 Å². The summed E-state index contributed by atoms with van der Waals surface area (Å²) in [5, 5.41) is 10.2. The molecule has 31 heavy (non-hydrogen) atoms. The maximum atomic E-state index is 13.5. The van der Waals surface area contributed by atoms with Crippen LogP contribution in [0.25, 0.3) is 5.57 Å². The van der Waals surface area contributed by atoms with Crippen molar-refractivity contribution < 1.29 is 19.4 Å². The third-order valence-corrected chi connectivity index (χ3v) is 7.60. The van der Waals surface area contributed by atoms with Crippen LogP contribution < -0.4 is 5.56 Å². The molecule has 0 unspecified atom stereocenters. The van der Waals surface area contributed by atoms with E-state index in [0.717, 1.165) is 49.7 Å². The first-order valence-corrected chi connectivity index (χ1v) is 11.5. The minimum absolute atomic E-state index is 0.0140. The highest BCUT2D eigenvalue weighted by atomic mass is 16.5. The monoisotopic (exact) mass is 426 g/mol. The Morgan fingerprint density at radius 1 is 1.23 bits per heavy atom. The van der Waals surface area contributed by atoms with Crippen molar-refractivity contribution in [1.29, 1.82) is 0 Å². The van der Waals surface area contributed by atoms with Crippen LogP contribution in [0, 0.1) is 17.8 Å². The summed E-state index contributed by atoms with van der Waals surface area (Å²) in [6, 6.07) is 2.80. The number of rotatable bonds is 5. The van der Waals surface area contributed by atoms with E-state index in [0.29, 0.717) is 24.6 Å². The number of hydrogen-bond donors (Lipinski definition) is 1. The average molecular weight is 427 g/mol. The van der Waals surface area contributed by atoms with E-state index < -0.39 is 23.8 Å². The lowest BCUT2D eigenvalue weighted by atomic mass is 9.87. The number of allylic oxidation sites excluding steroid dienone is 2. The quantitative estimate of drug-likeness (QED) is 0.730. The fraction of sp³-hybridized carbons (Fsp3) is 0.625. The molecular formula is C24H30N2O5. The summed E-state index contributed by atoms with van der Waals surface area (Å²) in [6.45, 7) is 0.0792. The van der Waals surface area contributed by atoms with E-state index in [9.17, 15) is 19.5 Å². The van der Waals surface area contributed by atoms with Gasteiger partial charge in [-0.25, -0.2) is 0 Å². The van der Waals surface area contributed by atoms with Crippen molar-refractivity contribution in [3.8, 4) is 0 Å². The Bertz CT molecular complexity index is 992. The number of pyridine rings is 1. The van der Waals surface area contributed by atoms with Crippen LogP contribution in [0.2, 0.25) is 0 Å². The molecule has 1 saturated heterocycles. The SMILES string of the molecule is COC(=O)[C@H]1[C@H](CO)[C@H]2Cn3c(ccc(C4=CCCCC4)c3=O)[C@@H]1N2C(=O)CC1CC1. The van der Waals surface area contributed by atoms with E-state index in [2.05, 4.69) is 6.08 Å². The van der Waals surface area contributed by atoms with Gasteiger partial charge in [-0.15, -0.1) is 0 Å². The average Bonchev–Trinajstić information content (AvgIpc) is 3.57. The molecule has 2 aliphatic carbocycles. The van der Waals surface area contributed by atoms with Crippen molar-refractivity contribution in [1.82, 2.24) is 9.47 Å². The van der Waals surface area contributed by atoms with Crippen LogP contribution in [-0.4, -0.2) is 46.2 Å². The molecule has 166 valence electrons. The molecule has 1 saturated carbocycles. The molecule has 5 rings (SSSR count). The van der Waals surface area contributed by atoms with Crippen molar-refractivity contribution in [2.75, 3.05) is 13.7 Å². The van der Waals surface area contributed by atoms with E-state index in [1.807, 2.05) is 12.1 Å². The van der Waals surface area contributed by atoms with E-state index >= 15 is 0 Å². The zero-order chi connectivity index (χ0) is 21.7. The number of amides is 1. The van der Waals surface area contributed by atoms with Crippen LogP contribution in [0.5, 0.6) is 0 Å². The Labute approximate surface area is 181 Å². The number of fused-ring (bicyclic) bond motifs is 4. The van der Waals surface area contributed by atoms with Gasteiger partial charge >= 0.3 is 5.97 Å². The topological polar surface area (TPSA) is 88.8 Å². The van der Waals surface area contributed by atoms with Gasteiger partial charge in [0.1, 0.15) is 0 Å². The van der Waals surface area contributed by atoms with Gasteiger partial charge in [0.15, 0.2) is 0 Å². The van der Waals surface area contributed by atoms with Crippen LogP contribution in [-0.2, 0) is 20.9 Å². The van der Waals surface area contributed by atoms with Gasteiger partial charge in [-0.3, -0.25) is 14.4 Å². The second-order valence-electron chi connectivity index (χ2n) is 9.42.